The van der Waals surface area contributed by atoms with Crippen molar-refractivity contribution in [2.75, 3.05) is 44.2 Å². The normalized spacial score (nSPS) is 18.5. The fourth-order valence-corrected chi connectivity index (χ4v) is 5.65. The molecule has 2 fully saturated rings. The fourth-order valence-electron chi connectivity index (χ4n) is 4.22. The number of anilines is 1. The average Bonchev–Trinajstić information content (AvgIpc) is 2.84. The van der Waals surface area contributed by atoms with E-state index in [2.05, 4.69) is 9.88 Å². The second kappa shape index (κ2) is 9.21. The van der Waals surface area contributed by atoms with Gasteiger partial charge in [-0.05, 0) is 37.1 Å². The van der Waals surface area contributed by atoms with Crippen molar-refractivity contribution in [2.45, 2.75) is 17.7 Å². The van der Waals surface area contributed by atoms with Crippen LogP contribution in [-0.4, -0.2) is 72.7 Å². The van der Waals surface area contributed by atoms with Crippen LogP contribution in [0.15, 0.2) is 53.7 Å². The first-order valence-electron chi connectivity index (χ1n) is 10.5. The lowest BCUT2D eigenvalue weighted by molar-refractivity contribution is -0.384. The van der Waals surface area contributed by atoms with Crippen molar-refractivity contribution in [2.24, 2.45) is 5.92 Å². The predicted molar refractivity (Wildman–Crippen MR) is 118 cm³/mol. The molecule has 0 N–H and O–H groups in total. The third-order valence-corrected chi connectivity index (χ3v) is 7.97. The molecule has 0 spiro atoms. The number of non-ortho nitro benzene ring substituents is 1. The summed E-state index contributed by atoms with van der Waals surface area (Å²) in [4.78, 5) is 31.4. The number of piperidine rings is 1. The van der Waals surface area contributed by atoms with E-state index in [0.29, 0.717) is 52.1 Å². The quantitative estimate of drug-likeness (QED) is 0.494. The molecule has 1 amide bonds. The largest absolute Gasteiger partial charge is 0.368 e. The number of carbonyl (C=O) groups is 1. The van der Waals surface area contributed by atoms with Gasteiger partial charge in [-0.1, -0.05) is 0 Å². The van der Waals surface area contributed by atoms with Crippen LogP contribution in [0.25, 0.3) is 0 Å². The maximum Gasteiger partial charge on any atom is 0.269 e. The molecular weight excluding hydrogens is 434 g/mol. The van der Waals surface area contributed by atoms with Crippen LogP contribution in [0.2, 0.25) is 0 Å². The lowest BCUT2D eigenvalue weighted by Crippen LogP contribution is -2.52. The third-order valence-electron chi connectivity index (χ3n) is 6.09. The van der Waals surface area contributed by atoms with Gasteiger partial charge >= 0.3 is 0 Å². The summed E-state index contributed by atoms with van der Waals surface area (Å²) in [6.07, 6.45) is 3.88. The molecule has 4 rings (SSSR count). The third kappa shape index (κ3) is 4.58. The molecule has 32 heavy (non-hydrogen) atoms. The molecule has 2 saturated heterocycles. The summed E-state index contributed by atoms with van der Waals surface area (Å²) < 4.78 is 26.9. The van der Waals surface area contributed by atoms with Gasteiger partial charge < -0.3 is 9.80 Å². The van der Waals surface area contributed by atoms with E-state index < -0.39 is 14.9 Å². The van der Waals surface area contributed by atoms with Gasteiger partial charge in [0.25, 0.3) is 5.69 Å². The molecule has 0 bridgehead atoms. The summed E-state index contributed by atoms with van der Waals surface area (Å²) in [5.41, 5.74) is 0.955. The minimum Gasteiger partial charge on any atom is -0.368 e. The average molecular weight is 460 g/mol. The Hall–Kier alpha value is -3.05. The number of carbonyl (C=O) groups excluding carboxylic acids is 1. The Morgan fingerprint density at radius 2 is 1.66 bits per heavy atom. The van der Waals surface area contributed by atoms with E-state index in [9.17, 15) is 23.3 Å². The lowest BCUT2D eigenvalue weighted by Gasteiger charge is -2.39. The van der Waals surface area contributed by atoms with Crippen molar-refractivity contribution in [3.8, 4) is 0 Å². The summed E-state index contributed by atoms with van der Waals surface area (Å²) >= 11 is 0. The van der Waals surface area contributed by atoms with Crippen LogP contribution >= 0.6 is 0 Å². The number of nitro benzene ring substituents is 1. The standard InChI is InChI=1S/C21H25N5O5S/c27-21(17-7-10-25(11-8-17)32(30,31)20-2-1-9-22-16-20)24-14-12-23(13-15-24)18-3-5-19(6-4-18)26(28)29/h1-6,9,16-17H,7-8,10-15H2. The van der Waals surface area contributed by atoms with E-state index in [0.717, 1.165) is 5.69 Å². The molecule has 0 unspecified atom stereocenters. The van der Waals surface area contributed by atoms with Gasteiger partial charge in [-0.15, -0.1) is 0 Å². The Morgan fingerprint density at radius 1 is 1.00 bits per heavy atom. The number of pyridine rings is 1. The lowest BCUT2D eigenvalue weighted by atomic mass is 9.96. The number of rotatable bonds is 5. The summed E-state index contributed by atoms with van der Waals surface area (Å²) in [7, 11) is -3.59. The number of hydrogen-bond acceptors (Lipinski definition) is 7. The number of amides is 1. The molecule has 0 atom stereocenters. The van der Waals surface area contributed by atoms with Crippen LogP contribution < -0.4 is 4.90 Å². The summed E-state index contributed by atoms with van der Waals surface area (Å²) in [6, 6.07) is 9.56. The molecule has 0 radical (unpaired) electrons. The molecule has 170 valence electrons. The summed E-state index contributed by atoms with van der Waals surface area (Å²) in [5.74, 6) is -0.104. The van der Waals surface area contributed by atoms with Gasteiger partial charge in [0, 0.05) is 75.4 Å². The molecule has 10 nitrogen and oxygen atoms in total. The molecule has 1 aromatic carbocycles. The first kappa shape index (κ1) is 22.2. The predicted octanol–water partition coefficient (Wildman–Crippen LogP) is 1.74. The summed E-state index contributed by atoms with van der Waals surface area (Å²) in [5, 5.41) is 10.8. The highest BCUT2D eigenvalue weighted by Crippen LogP contribution is 2.26. The van der Waals surface area contributed by atoms with Crippen molar-refractivity contribution in [3.63, 3.8) is 0 Å². The van der Waals surface area contributed by atoms with Crippen LogP contribution in [-0.2, 0) is 14.8 Å². The Bertz CT molecular complexity index is 1060. The minimum atomic E-state index is -3.59. The second-order valence-electron chi connectivity index (χ2n) is 7.95. The van der Waals surface area contributed by atoms with E-state index in [-0.39, 0.29) is 22.4 Å². The highest BCUT2D eigenvalue weighted by atomic mass is 32.2. The number of sulfonamides is 1. The van der Waals surface area contributed by atoms with Crippen molar-refractivity contribution >= 4 is 27.3 Å². The van der Waals surface area contributed by atoms with E-state index >= 15 is 0 Å². The second-order valence-corrected chi connectivity index (χ2v) is 9.89. The summed E-state index contributed by atoms with van der Waals surface area (Å²) in [6.45, 7) is 3.08. The van der Waals surface area contributed by atoms with Crippen LogP contribution in [0.4, 0.5) is 11.4 Å². The molecule has 0 aliphatic carbocycles. The monoisotopic (exact) mass is 459 g/mol. The first-order chi connectivity index (χ1) is 15.4. The maximum atomic E-state index is 13.0. The number of hydrogen-bond donors (Lipinski definition) is 0. The zero-order valence-electron chi connectivity index (χ0n) is 17.5. The maximum absolute atomic E-state index is 13.0. The van der Waals surface area contributed by atoms with Crippen LogP contribution in [0.3, 0.4) is 0 Å². The van der Waals surface area contributed by atoms with Crippen molar-refractivity contribution in [1.82, 2.24) is 14.2 Å². The number of aromatic nitrogens is 1. The highest BCUT2D eigenvalue weighted by molar-refractivity contribution is 7.89. The van der Waals surface area contributed by atoms with Crippen LogP contribution in [0.5, 0.6) is 0 Å². The number of piperazine rings is 1. The minimum absolute atomic E-state index is 0.0550. The van der Waals surface area contributed by atoms with Crippen molar-refractivity contribution < 1.29 is 18.1 Å². The van der Waals surface area contributed by atoms with E-state index in [1.165, 1.54) is 34.9 Å². The Labute approximate surface area is 186 Å². The van der Waals surface area contributed by atoms with E-state index in [1.54, 1.807) is 18.2 Å². The molecule has 2 aromatic rings. The van der Waals surface area contributed by atoms with Gasteiger partial charge in [-0.2, -0.15) is 4.31 Å². The molecule has 2 aliphatic rings. The molecule has 11 heteroatoms. The van der Waals surface area contributed by atoms with Gasteiger partial charge in [0.2, 0.25) is 15.9 Å². The smallest absolute Gasteiger partial charge is 0.269 e. The molecule has 0 saturated carbocycles. The van der Waals surface area contributed by atoms with Gasteiger partial charge in [0.05, 0.1) is 4.92 Å². The molecule has 1 aromatic heterocycles. The van der Waals surface area contributed by atoms with Crippen molar-refractivity contribution in [3.05, 3.63) is 58.9 Å². The van der Waals surface area contributed by atoms with E-state index in [4.69, 9.17) is 0 Å². The highest BCUT2D eigenvalue weighted by Gasteiger charge is 2.34. The van der Waals surface area contributed by atoms with Gasteiger partial charge in [0.1, 0.15) is 4.90 Å². The topological polar surface area (TPSA) is 117 Å². The molecule has 3 heterocycles. The first-order valence-corrected chi connectivity index (χ1v) is 12.0. The fraction of sp³-hybridized carbons (Fsp3) is 0.429. The Morgan fingerprint density at radius 3 is 2.22 bits per heavy atom. The van der Waals surface area contributed by atoms with Gasteiger partial charge in [-0.3, -0.25) is 19.9 Å². The van der Waals surface area contributed by atoms with Crippen LogP contribution in [0, 0.1) is 16.0 Å². The van der Waals surface area contributed by atoms with Gasteiger partial charge in [0.15, 0.2) is 0 Å². The van der Waals surface area contributed by atoms with Gasteiger partial charge in [-0.25, -0.2) is 8.42 Å². The molecule has 2 aliphatic heterocycles. The zero-order valence-corrected chi connectivity index (χ0v) is 18.4. The Balaban J connectivity index is 1.29. The zero-order chi connectivity index (χ0) is 22.7. The molecular formula is C21H25N5O5S. The Kier molecular flexibility index (Phi) is 6.38. The number of benzene rings is 1. The van der Waals surface area contributed by atoms with Crippen LogP contribution in [0.1, 0.15) is 12.8 Å². The number of nitrogens with zero attached hydrogens (tertiary/aromatic N) is 5. The van der Waals surface area contributed by atoms with E-state index in [1.807, 2.05) is 4.90 Å². The number of nitro groups is 1. The SMILES string of the molecule is O=C(C1CCN(S(=O)(=O)c2cccnc2)CC1)N1CCN(c2ccc([N+](=O)[O-])cc2)CC1. The van der Waals surface area contributed by atoms with Crippen molar-refractivity contribution in [1.29, 1.82) is 0 Å².